The van der Waals surface area contributed by atoms with E-state index in [1.54, 1.807) is 67.8 Å². The summed E-state index contributed by atoms with van der Waals surface area (Å²) in [5.41, 5.74) is 4.97. The highest BCUT2D eigenvalue weighted by atomic mass is 32.2. The van der Waals surface area contributed by atoms with Gasteiger partial charge in [0.2, 0.25) is 5.91 Å². The summed E-state index contributed by atoms with van der Waals surface area (Å²) in [7, 11) is 3.08. The minimum Gasteiger partial charge on any atom is -0.497 e. The molecule has 4 aromatic carbocycles. The summed E-state index contributed by atoms with van der Waals surface area (Å²) in [6, 6.07) is 29.3. The Hall–Kier alpha value is -5.28. The molecule has 2 N–H and O–H groups in total. The van der Waals surface area contributed by atoms with Gasteiger partial charge in [0.05, 0.1) is 25.5 Å². The SMILES string of the molecule is COc1ccc(OC)c(/C=C(\NC(=O)c2ccccc2)C(=O)Nc2ccc(SCC(=O)n3c4c(c5ccccc53)CCCC4)cc2)c1. The highest BCUT2D eigenvalue weighted by Gasteiger charge is 2.23. The number of nitrogens with one attached hydrogen (secondary N) is 2. The Bertz CT molecular complexity index is 1970. The standard InChI is InChI=1S/C38H35N3O5S/c1-45-28-18-21-35(46-2)26(22-28)23-32(40-37(43)25-10-4-3-5-11-25)38(44)39-27-16-19-29(20-17-27)47-24-36(42)41-33-14-8-6-12-30(33)31-13-7-9-15-34(31)41/h3-6,8,10-12,14,16-23H,7,9,13,15,24H2,1-2H3,(H,39,44)(H,40,43)/b32-23-. The van der Waals surface area contributed by atoms with Crippen LogP contribution in [-0.2, 0) is 17.6 Å². The van der Waals surface area contributed by atoms with Gasteiger partial charge in [-0.05, 0) is 98.0 Å². The summed E-state index contributed by atoms with van der Waals surface area (Å²) in [6.07, 6.45) is 5.73. The van der Waals surface area contributed by atoms with Crippen LogP contribution < -0.4 is 20.1 Å². The number of hydrogen-bond donors (Lipinski definition) is 2. The molecule has 1 aliphatic carbocycles. The number of methoxy groups -OCH3 is 2. The second-order valence-electron chi connectivity index (χ2n) is 11.1. The van der Waals surface area contributed by atoms with Crippen molar-refractivity contribution in [2.45, 2.75) is 30.6 Å². The summed E-state index contributed by atoms with van der Waals surface area (Å²) in [5.74, 6) is 0.485. The number of aromatic nitrogens is 1. The zero-order valence-corrected chi connectivity index (χ0v) is 27.1. The number of thioether (sulfide) groups is 1. The average Bonchev–Trinajstić information content (AvgIpc) is 3.45. The third-order valence-corrected chi connectivity index (χ3v) is 9.16. The third kappa shape index (κ3) is 7.10. The van der Waals surface area contributed by atoms with E-state index < -0.39 is 11.8 Å². The van der Waals surface area contributed by atoms with Gasteiger partial charge in [-0.1, -0.05) is 36.4 Å². The zero-order valence-electron chi connectivity index (χ0n) is 26.2. The molecule has 2 amide bonds. The number of anilines is 1. The number of ether oxygens (including phenoxy) is 2. The molecule has 0 saturated carbocycles. The van der Waals surface area contributed by atoms with E-state index in [0.717, 1.165) is 41.8 Å². The van der Waals surface area contributed by atoms with Crippen LogP contribution in [0.15, 0.2) is 108 Å². The minimum atomic E-state index is -0.515. The maximum absolute atomic E-state index is 13.6. The summed E-state index contributed by atoms with van der Waals surface area (Å²) < 4.78 is 12.8. The van der Waals surface area contributed by atoms with Gasteiger partial charge in [0, 0.05) is 32.8 Å². The van der Waals surface area contributed by atoms with E-state index in [0.29, 0.717) is 28.3 Å². The van der Waals surface area contributed by atoms with E-state index in [9.17, 15) is 14.4 Å². The van der Waals surface area contributed by atoms with Crippen LogP contribution in [0.5, 0.6) is 11.5 Å². The Balaban J connectivity index is 1.18. The fraction of sp³-hybridized carbons (Fsp3) is 0.184. The largest absolute Gasteiger partial charge is 0.497 e. The Morgan fingerprint density at radius 1 is 0.851 bits per heavy atom. The van der Waals surface area contributed by atoms with Crippen molar-refractivity contribution in [2.24, 2.45) is 0 Å². The number of carbonyl (C=O) groups excluding carboxylic acids is 3. The molecular formula is C38H35N3O5S. The Kier molecular flexibility index (Phi) is 9.73. The topological polar surface area (TPSA) is 98.7 Å². The number of hydrogen-bond acceptors (Lipinski definition) is 6. The fourth-order valence-corrected chi connectivity index (χ4v) is 6.62. The van der Waals surface area contributed by atoms with Gasteiger partial charge < -0.3 is 20.1 Å². The van der Waals surface area contributed by atoms with Crippen LogP contribution in [0.2, 0.25) is 0 Å². The van der Waals surface area contributed by atoms with Gasteiger partial charge >= 0.3 is 0 Å². The lowest BCUT2D eigenvalue weighted by Crippen LogP contribution is -2.30. The first kappa shape index (κ1) is 31.7. The van der Waals surface area contributed by atoms with Gasteiger partial charge in [-0.15, -0.1) is 11.8 Å². The number of fused-ring (bicyclic) bond motifs is 3. The van der Waals surface area contributed by atoms with Gasteiger partial charge in [-0.25, -0.2) is 0 Å². The molecule has 0 saturated heterocycles. The lowest BCUT2D eigenvalue weighted by atomic mass is 9.96. The normalized spacial score (nSPS) is 12.7. The first-order valence-corrected chi connectivity index (χ1v) is 16.4. The van der Waals surface area contributed by atoms with Gasteiger partial charge in [0.25, 0.3) is 11.8 Å². The zero-order chi connectivity index (χ0) is 32.8. The van der Waals surface area contributed by atoms with Crippen molar-refractivity contribution in [3.63, 3.8) is 0 Å². The third-order valence-electron chi connectivity index (χ3n) is 8.17. The molecule has 238 valence electrons. The van der Waals surface area contributed by atoms with Crippen molar-refractivity contribution in [2.75, 3.05) is 25.3 Å². The van der Waals surface area contributed by atoms with E-state index in [-0.39, 0.29) is 17.4 Å². The minimum absolute atomic E-state index is 0.0248. The average molecular weight is 646 g/mol. The first-order chi connectivity index (χ1) is 22.9. The summed E-state index contributed by atoms with van der Waals surface area (Å²) in [5, 5.41) is 6.81. The smallest absolute Gasteiger partial charge is 0.272 e. The van der Waals surface area contributed by atoms with Gasteiger partial charge in [0.1, 0.15) is 17.2 Å². The molecule has 0 bridgehead atoms. The van der Waals surface area contributed by atoms with E-state index in [1.807, 2.05) is 41.0 Å². The maximum atomic E-state index is 13.6. The molecule has 1 aliphatic rings. The number of rotatable bonds is 10. The van der Waals surface area contributed by atoms with Crippen molar-refractivity contribution in [1.29, 1.82) is 0 Å². The number of carbonyl (C=O) groups is 3. The van der Waals surface area contributed by atoms with Crippen molar-refractivity contribution in [1.82, 2.24) is 9.88 Å². The molecule has 0 radical (unpaired) electrons. The van der Waals surface area contributed by atoms with E-state index in [2.05, 4.69) is 16.7 Å². The van der Waals surface area contributed by atoms with Crippen LogP contribution in [0.4, 0.5) is 5.69 Å². The van der Waals surface area contributed by atoms with Gasteiger partial charge in [-0.3, -0.25) is 19.0 Å². The van der Waals surface area contributed by atoms with Crippen LogP contribution in [0, 0.1) is 0 Å². The molecule has 0 fully saturated rings. The summed E-state index contributed by atoms with van der Waals surface area (Å²) in [4.78, 5) is 41.0. The second kappa shape index (κ2) is 14.4. The van der Waals surface area contributed by atoms with Gasteiger partial charge in [0.15, 0.2) is 0 Å². The maximum Gasteiger partial charge on any atom is 0.272 e. The number of benzene rings is 4. The predicted molar refractivity (Wildman–Crippen MR) is 186 cm³/mol. The van der Waals surface area contributed by atoms with E-state index in [4.69, 9.17) is 9.47 Å². The molecule has 47 heavy (non-hydrogen) atoms. The van der Waals surface area contributed by atoms with Gasteiger partial charge in [-0.2, -0.15) is 0 Å². The molecule has 0 aliphatic heterocycles. The predicted octanol–water partition coefficient (Wildman–Crippen LogP) is 7.38. The Morgan fingerprint density at radius 3 is 2.36 bits per heavy atom. The van der Waals surface area contributed by atoms with Crippen molar-refractivity contribution < 1.29 is 23.9 Å². The van der Waals surface area contributed by atoms with Crippen LogP contribution in [0.25, 0.3) is 17.0 Å². The van der Waals surface area contributed by atoms with Crippen LogP contribution in [0.3, 0.4) is 0 Å². The molecule has 0 spiro atoms. The van der Waals surface area contributed by atoms with Crippen molar-refractivity contribution >= 4 is 52.1 Å². The molecule has 0 atom stereocenters. The summed E-state index contributed by atoms with van der Waals surface area (Å²) >= 11 is 1.46. The number of nitrogens with zero attached hydrogens (tertiary/aromatic N) is 1. The number of para-hydroxylation sites is 1. The number of amides is 2. The van der Waals surface area contributed by atoms with Crippen LogP contribution in [-0.4, -0.2) is 42.3 Å². The molecule has 0 unspecified atom stereocenters. The Labute approximate surface area is 277 Å². The van der Waals surface area contributed by atoms with E-state index in [1.165, 1.54) is 29.8 Å². The summed E-state index contributed by atoms with van der Waals surface area (Å²) in [6.45, 7) is 0. The number of aryl methyl sites for hydroxylation is 1. The molecule has 8 nitrogen and oxygen atoms in total. The highest BCUT2D eigenvalue weighted by molar-refractivity contribution is 8.00. The lowest BCUT2D eigenvalue weighted by Gasteiger charge is -2.15. The quantitative estimate of drug-likeness (QED) is 0.122. The molecule has 9 heteroatoms. The molecule has 1 aromatic heterocycles. The van der Waals surface area contributed by atoms with Crippen molar-refractivity contribution in [3.05, 3.63) is 125 Å². The van der Waals surface area contributed by atoms with Crippen LogP contribution in [0.1, 0.15) is 44.8 Å². The molecule has 1 heterocycles. The Morgan fingerprint density at radius 2 is 1.60 bits per heavy atom. The molecule has 5 aromatic rings. The fourth-order valence-electron chi connectivity index (χ4n) is 5.87. The van der Waals surface area contributed by atoms with Crippen LogP contribution >= 0.6 is 11.8 Å². The molecular weight excluding hydrogens is 611 g/mol. The highest BCUT2D eigenvalue weighted by Crippen LogP contribution is 2.33. The van der Waals surface area contributed by atoms with Crippen molar-refractivity contribution in [3.8, 4) is 11.5 Å². The van der Waals surface area contributed by atoms with E-state index >= 15 is 0 Å². The first-order valence-electron chi connectivity index (χ1n) is 15.4. The lowest BCUT2D eigenvalue weighted by molar-refractivity contribution is -0.113. The monoisotopic (exact) mass is 645 g/mol. The molecule has 6 rings (SSSR count). The second-order valence-corrected chi connectivity index (χ2v) is 12.2.